The first-order chi connectivity index (χ1) is 12.0. The van der Waals surface area contributed by atoms with Crippen molar-refractivity contribution in [3.8, 4) is 0 Å². The number of ketones is 2. The summed E-state index contributed by atoms with van der Waals surface area (Å²) in [6.07, 6.45) is 6.35. The Morgan fingerprint density at radius 1 is 0.800 bits per heavy atom. The number of hydrogen-bond donors (Lipinski definition) is 0. The second-order valence-corrected chi connectivity index (χ2v) is 10.1. The first-order valence-corrected chi connectivity index (χ1v) is 11.1. The summed E-state index contributed by atoms with van der Waals surface area (Å²) in [4.78, 5) is 26.1. The van der Waals surface area contributed by atoms with Crippen molar-refractivity contribution < 1.29 is 9.59 Å². The molecule has 1 aliphatic rings. The van der Waals surface area contributed by atoms with Crippen molar-refractivity contribution in [1.82, 2.24) is 0 Å². The predicted octanol–water partition coefficient (Wildman–Crippen LogP) is 6.73. The first-order valence-electron chi connectivity index (χ1n) is 8.72. The molecule has 0 saturated carbocycles. The van der Waals surface area contributed by atoms with E-state index in [9.17, 15) is 9.59 Å². The van der Waals surface area contributed by atoms with Crippen LogP contribution in [0.5, 0.6) is 0 Å². The van der Waals surface area contributed by atoms with E-state index < -0.39 is 0 Å². The Kier molecular flexibility index (Phi) is 5.96. The number of fused-ring (bicyclic) bond motifs is 2. The topological polar surface area (TPSA) is 34.1 Å². The van der Waals surface area contributed by atoms with Gasteiger partial charge >= 0.3 is 0 Å². The fraction of sp³-hybridized carbons (Fsp3) is 0.400. The highest BCUT2D eigenvalue weighted by Crippen LogP contribution is 2.43. The standard InChI is InChI=1S/C20H20Br2O2S/c1-3-5-7-11-9-13-14(10-12(11)8-6-4-2)18(24)16-15(17(13)23)19(21)25-20(16)22/h9-10H,3-8H2,1-2H3. The van der Waals surface area contributed by atoms with Gasteiger partial charge in [0.25, 0.3) is 0 Å². The van der Waals surface area contributed by atoms with E-state index in [1.807, 2.05) is 12.1 Å². The van der Waals surface area contributed by atoms with Crippen LogP contribution >= 0.6 is 43.2 Å². The molecule has 5 heteroatoms. The normalized spacial score (nSPS) is 13.1. The highest BCUT2D eigenvalue weighted by atomic mass is 79.9. The average Bonchev–Trinajstić information content (AvgIpc) is 2.90. The van der Waals surface area contributed by atoms with Crippen molar-refractivity contribution >= 4 is 54.8 Å². The quantitative estimate of drug-likeness (QED) is 0.389. The number of hydrogen-bond acceptors (Lipinski definition) is 3. The van der Waals surface area contributed by atoms with Crippen LogP contribution in [-0.2, 0) is 12.8 Å². The van der Waals surface area contributed by atoms with Crippen LogP contribution in [0, 0.1) is 0 Å². The van der Waals surface area contributed by atoms with E-state index in [-0.39, 0.29) is 11.6 Å². The fourth-order valence-electron chi connectivity index (χ4n) is 3.32. The Morgan fingerprint density at radius 3 is 1.56 bits per heavy atom. The minimum atomic E-state index is -0.0433. The molecule has 2 aromatic rings. The minimum absolute atomic E-state index is 0.0433. The average molecular weight is 484 g/mol. The summed E-state index contributed by atoms with van der Waals surface area (Å²) in [7, 11) is 0. The number of rotatable bonds is 6. The van der Waals surface area contributed by atoms with Crippen LogP contribution in [0.4, 0.5) is 0 Å². The zero-order chi connectivity index (χ0) is 18.1. The number of unbranched alkanes of at least 4 members (excludes halogenated alkanes) is 2. The lowest BCUT2D eigenvalue weighted by atomic mass is 9.82. The zero-order valence-corrected chi connectivity index (χ0v) is 18.4. The zero-order valence-electron chi connectivity index (χ0n) is 14.4. The smallest absolute Gasteiger partial charge is 0.196 e. The van der Waals surface area contributed by atoms with Crippen LogP contribution in [0.25, 0.3) is 0 Å². The molecule has 0 atom stereocenters. The molecule has 0 radical (unpaired) electrons. The van der Waals surface area contributed by atoms with Crippen molar-refractivity contribution in [2.24, 2.45) is 0 Å². The van der Waals surface area contributed by atoms with Gasteiger partial charge in [-0.15, -0.1) is 11.3 Å². The fourth-order valence-corrected chi connectivity index (χ4v) is 6.45. The summed E-state index contributed by atoms with van der Waals surface area (Å²) in [5.41, 5.74) is 4.60. The summed E-state index contributed by atoms with van der Waals surface area (Å²) >= 11 is 8.29. The maximum atomic E-state index is 13.0. The van der Waals surface area contributed by atoms with E-state index in [0.29, 0.717) is 22.3 Å². The minimum Gasteiger partial charge on any atom is -0.288 e. The Labute approximate surface area is 169 Å². The lowest BCUT2D eigenvalue weighted by Gasteiger charge is -2.19. The number of carbonyl (C=O) groups excluding carboxylic acids is 2. The Morgan fingerprint density at radius 2 is 1.20 bits per heavy atom. The molecule has 0 amide bonds. The third-order valence-electron chi connectivity index (χ3n) is 4.70. The van der Waals surface area contributed by atoms with Gasteiger partial charge in [-0.1, -0.05) is 26.7 Å². The summed E-state index contributed by atoms with van der Waals surface area (Å²) in [5, 5.41) is 0. The molecule has 132 valence electrons. The van der Waals surface area contributed by atoms with Gasteiger partial charge < -0.3 is 0 Å². The van der Waals surface area contributed by atoms with Gasteiger partial charge in [0, 0.05) is 11.1 Å². The van der Waals surface area contributed by atoms with Crippen LogP contribution in [0.2, 0.25) is 0 Å². The molecule has 0 aliphatic heterocycles. The van der Waals surface area contributed by atoms with Crippen LogP contribution < -0.4 is 0 Å². The highest BCUT2D eigenvalue weighted by Gasteiger charge is 2.35. The summed E-state index contributed by atoms with van der Waals surface area (Å²) in [6.45, 7) is 4.34. The molecule has 0 saturated heterocycles. The first kappa shape index (κ1) is 19.0. The number of halogens is 2. The number of thiophene rings is 1. The molecule has 1 aromatic carbocycles. The van der Waals surface area contributed by atoms with Gasteiger partial charge in [0.2, 0.25) is 0 Å². The van der Waals surface area contributed by atoms with E-state index in [2.05, 4.69) is 45.7 Å². The van der Waals surface area contributed by atoms with Crippen LogP contribution in [0.1, 0.15) is 82.5 Å². The van der Waals surface area contributed by atoms with Crippen molar-refractivity contribution in [2.45, 2.75) is 52.4 Å². The van der Waals surface area contributed by atoms with Gasteiger partial charge in [-0.05, 0) is 80.8 Å². The van der Waals surface area contributed by atoms with Gasteiger partial charge in [-0.25, -0.2) is 0 Å². The van der Waals surface area contributed by atoms with Crippen LogP contribution in [0.3, 0.4) is 0 Å². The van der Waals surface area contributed by atoms with Crippen molar-refractivity contribution in [3.63, 3.8) is 0 Å². The third-order valence-corrected chi connectivity index (χ3v) is 7.24. The maximum Gasteiger partial charge on any atom is 0.196 e. The SMILES string of the molecule is CCCCc1cc2c(cc1CCCC)C(=O)c1c(Br)sc(Br)c1C2=O. The van der Waals surface area contributed by atoms with E-state index in [1.54, 1.807) is 0 Å². The monoisotopic (exact) mass is 482 g/mol. The Bertz CT molecular complexity index is 784. The molecule has 0 unspecified atom stereocenters. The molecule has 2 nitrogen and oxygen atoms in total. The van der Waals surface area contributed by atoms with Crippen LogP contribution in [-0.4, -0.2) is 11.6 Å². The highest BCUT2D eigenvalue weighted by molar-refractivity contribution is 9.12. The Hall–Kier alpha value is -0.780. The molecule has 1 aliphatic carbocycles. The molecule has 0 N–H and O–H groups in total. The van der Waals surface area contributed by atoms with Crippen molar-refractivity contribution in [3.05, 3.63) is 53.1 Å². The summed E-state index contributed by atoms with van der Waals surface area (Å²) in [5.74, 6) is -0.0866. The Balaban J connectivity index is 2.14. The second-order valence-electron chi connectivity index (χ2n) is 6.43. The van der Waals surface area contributed by atoms with E-state index in [1.165, 1.54) is 22.5 Å². The van der Waals surface area contributed by atoms with Gasteiger partial charge in [0.15, 0.2) is 11.6 Å². The molecule has 0 fully saturated rings. The molecule has 3 rings (SSSR count). The number of benzene rings is 1. The lowest BCUT2D eigenvalue weighted by molar-refractivity contribution is 0.0979. The number of carbonyl (C=O) groups is 2. The van der Waals surface area contributed by atoms with E-state index >= 15 is 0 Å². The predicted molar refractivity (Wildman–Crippen MR) is 110 cm³/mol. The summed E-state index contributed by atoms with van der Waals surface area (Å²) in [6, 6.07) is 3.97. The van der Waals surface area contributed by atoms with E-state index in [0.717, 1.165) is 46.1 Å². The molecule has 25 heavy (non-hydrogen) atoms. The maximum absolute atomic E-state index is 13.0. The molecular formula is C20H20Br2O2S. The van der Waals surface area contributed by atoms with Crippen molar-refractivity contribution in [1.29, 1.82) is 0 Å². The molecule has 0 bridgehead atoms. The van der Waals surface area contributed by atoms with E-state index in [4.69, 9.17) is 0 Å². The van der Waals surface area contributed by atoms with Crippen LogP contribution in [0.15, 0.2) is 19.7 Å². The number of aryl methyl sites for hydroxylation is 2. The summed E-state index contributed by atoms with van der Waals surface area (Å²) < 4.78 is 1.45. The molecule has 1 heterocycles. The largest absolute Gasteiger partial charge is 0.288 e. The van der Waals surface area contributed by atoms with Gasteiger partial charge in [-0.3, -0.25) is 9.59 Å². The molecule has 1 aromatic heterocycles. The lowest BCUT2D eigenvalue weighted by Crippen LogP contribution is -2.21. The van der Waals surface area contributed by atoms with Crippen molar-refractivity contribution in [2.75, 3.05) is 0 Å². The van der Waals surface area contributed by atoms with Gasteiger partial charge in [0.1, 0.15) is 0 Å². The molecular weight excluding hydrogens is 464 g/mol. The molecule has 0 spiro atoms. The van der Waals surface area contributed by atoms with Gasteiger partial charge in [0.05, 0.1) is 18.7 Å². The second kappa shape index (κ2) is 7.85. The third kappa shape index (κ3) is 3.43. The van der Waals surface area contributed by atoms with Gasteiger partial charge in [-0.2, -0.15) is 0 Å².